The fourth-order valence-electron chi connectivity index (χ4n) is 1.87. The van der Waals surface area contributed by atoms with Crippen molar-refractivity contribution in [2.45, 2.75) is 17.9 Å². The first-order chi connectivity index (χ1) is 9.79. The molecule has 1 unspecified atom stereocenters. The molecule has 0 spiro atoms. The van der Waals surface area contributed by atoms with E-state index in [4.69, 9.17) is 5.73 Å². The van der Waals surface area contributed by atoms with Gasteiger partial charge in [0, 0.05) is 16.2 Å². The fourth-order valence-corrected chi connectivity index (χ4v) is 4.10. The van der Waals surface area contributed by atoms with Crippen LogP contribution in [0, 0.1) is 5.82 Å². The molecule has 0 saturated carbocycles. The molecule has 112 valence electrons. The van der Waals surface area contributed by atoms with E-state index in [1.165, 1.54) is 24.3 Å². The molecule has 0 saturated heterocycles. The Labute approximate surface area is 131 Å². The number of anilines is 1. The smallest absolute Gasteiger partial charge is 0.242 e. The SMILES string of the molecule is CC(NS(=O)(=O)c1cc(N)ccc1Br)c1cccc(F)c1. The molecule has 2 aromatic rings. The van der Waals surface area contributed by atoms with Crippen LogP contribution >= 0.6 is 15.9 Å². The van der Waals surface area contributed by atoms with E-state index in [9.17, 15) is 12.8 Å². The molecule has 0 heterocycles. The molecule has 2 rings (SSSR count). The number of nitrogens with one attached hydrogen (secondary N) is 1. The summed E-state index contributed by atoms with van der Waals surface area (Å²) in [5.41, 5.74) is 6.51. The molecule has 0 aliphatic rings. The van der Waals surface area contributed by atoms with Gasteiger partial charge in [-0.15, -0.1) is 0 Å². The van der Waals surface area contributed by atoms with Crippen LogP contribution in [0.3, 0.4) is 0 Å². The van der Waals surface area contributed by atoms with Gasteiger partial charge in [-0.3, -0.25) is 0 Å². The lowest BCUT2D eigenvalue weighted by atomic mass is 10.1. The number of nitrogen functional groups attached to an aromatic ring is 1. The van der Waals surface area contributed by atoms with Crippen LogP contribution < -0.4 is 10.5 Å². The first-order valence-corrected chi connectivity index (χ1v) is 8.40. The summed E-state index contributed by atoms with van der Waals surface area (Å²) in [5, 5.41) is 0. The van der Waals surface area contributed by atoms with E-state index in [2.05, 4.69) is 20.7 Å². The zero-order valence-corrected chi connectivity index (χ0v) is 13.6. The Bertz CT molecular complexity index is 765. The van der Waals surface area contributed by atoms with Crippen LogP contribution in [0.2, 0.25) is 0 Å². The maximum Gasteiger partial charge on any atom is 0.242 e. The number of hydrogen-bond acceptors (Lipinski definition) is 3. The predicted molar refractivity (Wildman–Crippen MR) is 83.7 cm³/mol. The summed E-state index contributed by atoms with van der Waals surface area (Å²) in [4.78, 5) is 0.0470. The molecule has 1 atom stereocenters. The minimum absolute atomic E-state index is 0.0470. The van der Waals surface area contributed by atoms with Crippen LogP contribution in [0.15, 0.2) is 51.8 Å². The lowest BCUT2D eigenvalue weighted by molar-refractivity contribution is 0.564. The summed E-state index contributed by atoms with van der Waals surface area (Å²) in [7, 11) is -3.77. The van der Waals surface area contributed by atoms with Gasteiger partial charge in [-0.05, 0) is 58.7 Å². The maximum atomic E-state index is 13.2. The summed E-state index contributed by atoms with van der Waals surface area (Å²) < 4.78 is 40.9. The normalized spacial score (nSPS) is 13.1. The number of halogens is 2. The van der Waals surface area contributed by atoms with E-state index < -0.39 is 21.9 Å². The largest absolute Gasteiger partial charge is 0.399 e. The molecule has 0 aromatic heterocycles. The zero-order chi connectivity index (χ0) is 15.6. The zero-order valence-electron chi connectivity index (χ0n) is 11.2. The van der Waals surface area contributed by atoms with Crippen molar-refractivity contribution in [1.82, 2.24) is 4.72 Å². The van der Waals surface area contributed by atoms with Crippen LogP contribution in [0.4, 0.5) is 10.1 Å². The molecule has 2 aromatic carbocycles. The van der Waals surface area contributed by atoms with Gasteiger partial charge in [-0.25, -0.2) is 17.5 Å². The highest BCUT2D eigenvalue weighted by atomic mass is 79.9. The van der Waals surface area contributed by atoms with Crippen molar-refractivity contribution in [3.05, 3.63) is 58.3 Å². The Kier molecular flexibility index (Phi) is 4.65. The number of hydrogen-bond donors (Lipinski definition) is 2. The Balaban J connectivity index is 2.31. The van der Waals surface area contributed by atoms with Gasteiger partial charge in [-0.1, -0.05) is 12.1 Å². The topological polar surface area (TPSA) is 72.2 Å². The molecular weight excluding hydrogens is 359 g/mol. The molecule has 21 heavy (non-hydrogen) atoms. The molecule has 0 aliphatic carbocycles. The summed E-state index contributed by atoms with van der Waals surface area (Å²) >= 11 is 3.19. The van der Waals surface area contributed by atoms with Crippen LogP contribution in [0.1, 0.15) is 18.5 Å². The maximum absolute atomic E-state index is 13.2. The molecule has 0 bridgehead atoms. The summed E-state index contributed by atoms with van der Waals surface area (Å²) in [6.07, 6.45) is 0. The summed E-state index contributed by atoms with van der Waals surface area (Å²) in [6, 6.07) is 9.75. The third kappa shape index (κ3) is 3.81. The Hall–Kier alpha value is -1.44. The van der Waals surface area contributed by atoms with Gasteiger partial charge in [0.2, 0.25) is 10.0 Å². The third-order valence-electron chi connectivity index (χ3n) is 2.93. The van der Waals surface area contributed by atoms with Gasteiger partial charge in [0.15, 0.2) is 0 Å². The van der Waals surface area contributed by atoms with Gasteiger partial charge in [0.25, 0.3) is 0 Å². The fraction of sp³-hybridized carbons (Fsp3) is 0.143. The van der Waals surface area contributed by atoms with Crippen molar-refractivity contribution in [1.29, 1.82) is 0 Å². The molecule has 0 aliphatic heterocycles. The Morgan fingerprint density at radius 3 is 2.62 bits per heavy atom. The van der Waals surface area contributed by atoms with E-state index in [-0.39, 0.29) is 4.90 Å². The second-order valence-corrected chi connectivity index (χ2v) is 7.12. The standard InChI is InChI=1S/C14H14BrFN2O2S/c1-9(10-3-2-4-11(16)7-10)18-21(19,20)14-8-12(17)5-6-13(14)15/h2-9,18H,17H2,1H3. The van der Waals surface area contributed by atoms with Gasteiger partial charge in [0.05, 0.1) is 4.90 Å². The third-order valence-corrected chi connectivity index (χ3v) is 5.46. The van der Waals surface area contributed by atoms with Crippen LogP contribution in [0.25, 0.3) is 0 Å². The monoisotopic (exact) mass is 372 g/mol. The molecular formula is C14H14BrFN2O2S. The number of sulfonamides is 1. The van der Waals surface area contributed by atoms with E-state index in [1.807, 2.05) is 0 Å². The molecule has 0 radical (unpaired) electrons. The lowest BCUT2D eigenvalue weighted by Crippen LogP contribution is -2.27. The lowest BCUT2D eigenvalue weighted by Gasteiger charge is -2.16. The Morgan fingerprint density at radius 1 is 1.24 bits per heavy atom. The van der Waals surface area contributed by atoms with Gasteiger partial charge >= 0.3 is 0 Å². The van der Waals surface area contributed by atoms with Gasteiger partial charge in [0.1, 0.15) is 5.82 Å². The minimum Gasteiger partial charge on any atom is -0.399 e. The van der Waals surface area contributed by atoms with E-state index in [0.29, 0.717) is 15.7 Å². The van der Waals surface area contributed by atoms with E-state index in [0.717, 1.165) is 0 Å². The number of nitrogens with two attached hydrogens (primary N) is 1. The van der Waals surface area contributed by atoms with E-state index in [1.54, 1.807) is 25.1 Å². The molecule has 4 nitrogen and oxygen atoms in total. The molecule has 0 amide bonds. The molecule has 3 N–H and O–H groups in total. The van der Waals surface area contributed by atoms with Crippen molar-refractivity contribution < 1.29 is 12.8 Å². The molecule has 0 fully saturated rings. The quantitative estimate of drug-likeness (QED) is 0.809. The highest BCUT2D eigenvalue weighted by Crippen LogP contribution is 2.26. The van der Waals surface area contributed by atoms with Crippen molar-refractivity contribution in [2.75, 3.05) is 5.73 Å². The van der Waals surface area contributed by atoms with Crippen LogP contribution in [-0.2, 0) is 10.0 Å². The average molecular weight is 373 g/mol. The van der Waals surface area contributed by atoms with Crippen molar-refractivity contribution in [2.24, 2.45) is 0 Å². The van der Waals surface area contributed by atoms with Crippen molar-refractivity contribution >= 4 is 31.6 Å². The second-order valence-electron chi connectivity index (χ2n) is 4.59. The highest BCUT2D eigenvalue weighted by Gasteiger charge is 2.21. The average Bonchev–Trinajstić information content (AvgIpc) is 2.41. The van der Waals surface area contributed by atoms with E-state index >= 15 is 0 Å². The molecule has 7 heteroatoms. The van der Waals surface area contributed by atoms with Crippen LogP contribution in [-0.4, -0.2) is 8.42 Å². The highest BCUT2D eigenvalue weighted by molar-refractivity contribution is 9.10. The van der Waals surface area contributed by atoms with Gasteiger partial charge < -0.3 is 5.73 Å². The first-order valence-electron chi connectivity index (χ1n) is 6.12. The first kappa shape index (κ1) is 15.9. The number of benzene rings is 2. The summed E-state index contributed by atoms with van der Waals surface area (Å²) in [5.74, 6) is -0.413. The summed E-state index contributed by atoms with van der Waals surface area (Å²) in [6.45, 7) is 1.65. The number of rotatable bonds is 4. The second kappa shape index (κ2) is 6.13. The van der Waals surface area contributed by atoms with Crippen LogP contribution in [0.5, 0.6) is 0 Å². The predicted octanol–water partition coefficient (Wildman–Crippen LogP) is 3.21. The van der Waals surface area contributed by atoms with Crippen molar-refractivity contribution in [3.63, 3.8) is 0 Å². The minimum atomic E-state index is -3.77. The Morgan fingerprint density at radius 2 is 1.95 bits per heavy atom. The van der Waals surface area contributed by atoms with Gasteiger partial charge in [-0.2, -0.15) is 0 Å². The van der Waals surface area contributed by atoms with Crippen molar-refractivity contribution in [3.8, 4) is 0 Å².